The minimum absolute atomic E-state index is 0.536. The van der Waals surface area contributed by atoms with Crippen LogP contribution in [0, 0.1) is 13.8 Å². The van der Waals surface area contributed by atoms with E-state index in [9.17, 15) is 5.11 Å². The Morgan fingerprint density at radius 2 is 2.06 bits per heavy atom. The Balaban J connectivity index is 2.60. The molecule has 4 nitrogen and oxygen atoms in total. The molecule has 2 aromatic heterocycles. The van der Waals surface area contributed by atoms with E-state index in [1.807, 2.05) is 30.5 Å². The van der Waals surface area contributed by atoms with Gasteiger partial charge in [0.1, 0.15) is 12.1 Å². The van der Waals surface area contributed by atoms with Crippen molar-refractivity contribution >= 4 is 0 Å². The summed E-state index contributed by atoms with van der Waals surface area (Å²) >= 11 is 0. The highest BCUT2D eigenvalue weighted by atomic mass is 16.3. The van der Waals surface area contributed by atoms with Gasteiger partial charge in [-0.15, -0.1) is 0 Å². The molecule has 2 heterocycles. The molecule has 0 saturated heterocycles. The summed E-state index contributed by atoms with van der Waals surface area (Å²) in [5, 5.41) is 9.69. The molecule has 0 unspecified atom stereocenters. The Bertz CT molecular complexity index is 503. The quantitative estimate of drug-likeness (QED) is 0.836. The van der Waals surface area contributed by atoms with Gasteiger partial charge < -0.3 is 5.11 Å². The van der Waals surface area contributed by atoms with Crippen molar-refractivity contribution in [2.75, 3.05) is 0 Å². The summed E-state index contributed by atoms with van der Waals surface area (Å²) in [4.78, 5) is 8.54. The Kier molecular flexibility index (Phi) is 2.75. The Labute approximate surface area is 94.6 Å². The fraction of sp³-hybridized carbons (Fsp3) is 0.333. The normalized spacial score (nSPS) is 12.8. The van der Waals surface area contributed by atoms with Crippen molar-refractivity contribution in [3.8, 4) is 5.82 Å². The van der Waals surface area contributed by atoms with Crippen LogP contribution in [0.5, 0.6) is 0 Å². The van der Waals surface area contributed by atoms with Crippen LogP contribution in [0.2, 0.25) is 0 Å². The van der Waals surface area contributed by atoms with E-state index < -0.39 is 6.10 Å². The van der Waals surface area contributed by atoms with Crippen LogP contribution >= 0.6 is 0 Å². The van der Waals surface area contributed by atoms with Gasteiger partial charge in [0.2, 0.25) is 0 Å². The molecule has 0 aliphatic carbocycles. The molecule has 84 valence electrons. The first-order valence-corrected chi connectivity index (χ1v) is 5.25. The van der Waals surface area contributed by atoms with E-state index in [2.05, 4.69) is 9.97 Å². The van der Waals surface area contributed by atoms with Crippen LogP contribution in [0.1, 0.15) is 30.0 Å². The third kappa shape index (κ3) is 1.72. The topological polar surface area (TPSA) is 50.9 Å². The van der Waals surface area contributed by atoms with Gasteiger partial charge in [0.15, 0.2) is 0 Å². The second-order valence-corrected chi connectivity index (χ2v) is 3.88. The summed E-state index contributed by atoms with van der Waals surface area (Å²) in [6, 6.07) is 3.70. The van der Waals surface area contributed by atoms with Crippen molar-refractivity contribution in [2.45, 2.75) is 26.9 Å². The van der Waals surface area contributed by atoms with Crippen molar-refractivity contribution in [1.29, 1.82) is 0 Å². The van der Waals surface area contributed by atoms with Gasteiger partial charge in [-0.2, -0.15) is 0 Å². The molecular formula is C12H15N3O. The Morgan fingerprint density at radius 3 is 2.62 bits per heavy atom. The van der Waals surface area contributed by atoms with E-state index in [1.54, 1.807) is 19.4 Å². The van der Waals surface area contributed by atoms with Gasteiger partial charge in [0.05, 0.1) is 11.8 Å². The SMILES string of the molecule is Cc1ncn(-c2ncccc2[C@H](C)O)c1C. The van der Waals surface area contributed by atoms with Crippen molar-refractivity contribution < 1.29 is 5.11 Å². The zero-order valence-corrected chi connectivity index (χ0v) is 9.68. The minimum Gasteiger partial charge on any atom is -0.389 e. The Morgan fingerprint density at radius 1 is 1.31 bits per heavy atom. The predicted octanol–water partition coefficient (Wildman–Crippen LogP) is 1.94. The summed E-state index contributed by atoms with van der Waals surface area (Å²) in [6.45, 7) is 5.68. The first-order chi connectivity index (χ1) is 7.61. The fourth-order valence-electron chi connectivity index (χ4n) is 1.65. The van der Waals surface area contributed by atoms with E-state index in [4.69, 9.17) is 0 Å². The molecule has 2 rings (SSSR count). The number of nitrogens with zero attached hydrogens (tertiary/aromatic N) is 3. The van der Waals surface area contributed by atoms with Crippen LogP contribution in [-0.2, 0) is 0 Å². The van der Waals surface area contributed by atoms with Crippen LogP contribution in [0.15, 0.2) is 24.7 Å². The van der Waals surface area contributed by atoms with Crippen molar-refractivity contribution in [3.05, 3.63) is 41.6 Å². The maximum atomic E-state index is 9.69. The van der Waals surface area contributed by atoms with Crippen LogP contribution in [0.4, 0.5) is 0 Å². The monoisotopic (exact) mass is 217 g/mol. The molecule has 0 saturated carbocycles. The summed E-state index contributed by atoms with van der Waals surface area (Å²) in [5.41, 5.74) is 2.82. The van der Waals surface area contributed by atoms with Gasteiger partial charge in [0, 0.05) is 17.5 Å². The Hall–Kier alpha value is -1.68. The molecule has 0 aliphatic rings. The average Bonchev–Trinajstić information content (AvgIpc) is 2.60. The summed E-state index contributed by atoms with van der Waals surface area (Å²) in [6.07, 6.45) is 2.92. The highest BCUT2D eigenvalue weighted by Crippen LogP contribution is 2.21. The molecule has 16 heavy (non-hydrogen) atoms. The highest BCUT2D eigenvalue weighted by Gasteiger charge is 2.12. The second-order valence-electron chi connectivity index (χ2n) is 3.88. The predicted molar refractivity (Wildman–Crippen MR) is 61.5 cm³/mol. The first kappa shape index (κ1) is 10.8. The fourth-order valence-corrected chi connectivity index (χ4v) is 1.65. The van der Waals surface area contributed by atoms with Gasteiger partial charge in [0.25, 0.3) is 0 Å². The first-order valence-electron chi connectivity index (χ1n) is 5.25. The van der Waals surface area contributed by atoms with E-state index >= 15 is 0 Å². The molecular weight excluding hydrogens is 202 g/mol. The van der Waals surface area contributed by atoms with E-state index in [-0.39, 0.29) is 0 Å². The lowest BCUT2D eigenvalue weighted by atomic mass is 10.1. The number of rotatable bonds is 2. The molecule has 0 amide bonds. The molecule has 0 aliphatic heterocycles. The molecule has 0 radical (unpaired) electrons. The molecule has 0 bridgehead atoms. The highest BCUT2D eigenvalue weighted by molar-refractivity contribution is 5.37. The number of imidazole rings is 1. The van der Waals surface area contributed by atoms with Gasteiger partial charge in [-0.3, -0.25) is 4.57 Å². The number of hydrogen-bond donors (Lipinski definition) is 1. The number of pyridine rings is 1. The molecule has 0 aromatic carbocycles. The van der Waals surface area contributed by atoms with Gasteiger partial charge in [-0.25, -0.2) is 9.97 Å². The van der Waals surface area contributed by atoms with E-state index in [0.29, 0.717) is 0 Å². The molecule has 4 heteroatoms. The van der Waals surface area contributed by atoms with Crippen LogP contribution in [0.25, 0.3) is 5.82 Å². The molecule has 2 aromatic rings. The number of aliphatic hydroxyl groups excluding tert-OH is 1. The van der Waals surface area contributed by atoms with Crippen molar-refractivity contribution in [3.63, 3.8) is 0 Å². The number of aromatic nitrogens is 3. The van der Waals surface area contributed by atoms with E-state index in [0.717, 1.165) is 22.8 Å². The summed E-state index contributed by atoms with van der Waals surface area (Å²) in [5.74, 6) is 0.746. The van der Waals surface area contributed by atoms with Gasteiger partial charge in [-0.05, 0) is 26.8 Å². The zero-order valence-electron chi connectivity index (χ0n) is 9.68. The van der Waals surface area contributed by atoms with Gasteiger partial charge >= 0.3 is 0 Å². The smallest absolute Gasteiger partial charge is 0.143 e. The van der Waals surface area contributed by atoms with Crippen molar-refractivity contribution in [1.82, 2.24) is 14.5 Å². The minimum atomic E-state index is -0.536. The maximum Gasteiger partial charge on any atom is 0.143 e. The lowest BCUT2D eigenvalue weighted by Crippen LogP contribution is -2.05. The maximum absolute atomic E-state index is 9.69. The van der Waals surface area contributed by atoms with Crippen molar-refractivity contribution in [2.24, 2.45) is 0 Å². The lowest BCUT2D eigenvalue weighted by molar-refractivity contribution is 0.198. The second kappa shape index (κ2) is 4.06. The summed E-state index contributed by atoms with van der Waals surface area (Å²) < 4.78 is 1.90. The van der Waals surface area contributed by atoms with E-state index in [1.165, 1.54) is 0 Å². The van der Waals surface area contributed by atoms with Gasteiger partial charge in [-0.1, -0.05) is 6.07 Å². The average molecular weight is 217 g/mol. The number of aliphatic hydroxyl groups is 1. The summed E-state index contributed by atoms with van der Waals surface area (Å²) in [7, 11) is 0. The third-order valence-corrected chi connectivity index (χ3v) is 2.75. The number of hydrogen-bond acceptors (Lipinski definition) is 3. The standard InChI is InChI=1S/C12H15N3O/c1-8-9(2)15(7-14-8)12-11(10(3)16)5-4-6-13-12/h4-7,10,16H,1-3H3/t10-/m0/s1. The molecule has 0 spiro atoms. The molecule has 1 atom stereocenters. The van der Waals surface area contributed by atoms with Crippen LogP contribution in [-0.4, -0.2) is 19.6 Å². The molecule has 1 N–H and O–H groups in total. The van der Waals surface area contributed by atoms with Crippen LogP contribution in [0.3, 0.4) is 0 Å². The third-order valence-electron chi connectivity index (χ3n) is 2.75. The van der Waals surface area contributed by atoms with Crippen LogP contribution < -0.4 is 0 Å². The number of aryl methyl sites for hydroxylation is 1. The zero-order chi connectivity index (χ0) is 11.7. The largest absolute Gasteiger partial charge is 0.389 e. The lowest BCUT2D eigenvalue weighted by Gasteiger charge is -2.12. The molecule has 0 fully saturated rings.